The molecule has 11 heteroatoms. The monoisotopic (exact) mass is 558 g/mol. The van der Waals surface area contributed by atoms with Gasteiger partial charge in [-0.05, 0) is 55.5 Å². The van der Waals surface area contributed by atoms with Crippen LogP contribution >= 0.6 is 11.8 Å². The van der Waals surface area contributed by atoms with Gasteiger partial charge < -0.3 is 30.3 Å². The molecule has 0 atom stereocenters. The Morgan fingerprint density at radius 2 is 1.80 bits per heavy atom. The highest BCUT2D eigenvalue weighted by atomic mass is 32.2. The van der Waals surface area contributed by atoms with Gasteiger partial charge in [0.05, 0.1) is 12.9 Å². The number of nitrogens with one attached hydrogen (secondary N) is 3. The zero-order valence-electron chi connectivity index (χ0n) is 21.6. The quantitative estimate of drug-likeness (QED) is 0.160. The minimum absolute atomic E-state index is 0.00698. The van der Waals surface area contributed by atoms with E-state index in [0.717, 1.165) is 4.90 Å². The Bertz CT molecular complexity index is 1550. The van der Waals surface area contributed by atoms with Crippen LogP contribution in [0.3, 0.4) is 0 Å². The molecule has 204 valence electrons. The average molecular weight is 559 g/mol. The molecule has 4 N–H and O–H groups in total. The van der Waals surface area contributed by atoms with Crippen molar-refractivity contribution in [2.75, 3.05) is 23.5 Å². The molecule has 0 fully saturated rings. The Labute approximate surface area is 234 Å². The third-order valence-corrected chi connectivity index (χ3v) is 6.40. The van der Waals surface area contributed by atoms with Crippen LogP contribution in [0.15, 0.2) is 94.0 Å². The lowest BCUT2D eigenvalue weighted by atomic mass is 10.1. The maximum absolute atomic E-state index is 13.4. The Hall–Kier alpha value is -5.03. The number of phenols is 1. The number of benzene rings is 3. The normalized spacial score (nSPS) is 11.0. The number of thioether (sulfide) groups is 1. The molecule has 1 aromatic heterocycles. The van der Waals surface area contributed by atoms with Crippen LogP contribution in [-0.2, 0) is 9.59 Å². The maximum Gasteiger partial charge on any atom is 0.272 e. The molecule has 0 unspecified atom stereocenters. The highest BCUT2D eigenvalue weighted by Gasteiger charge is 2.17. The number of amides is 3. The standard InChI is InChI=1S/C29H26N4O6S/c1-18-13-26(33-39-18)32-27(35)17-40-23-10-6-9-21(15-23)30-29(37)24(31-28(36)19-7-4-3-5-8-19)14-20-11-12-22(34)16-25(20)38-2/h3-16,34H,17H2,1-2H3,(H,30,37)(H,31,36)(H,32,33,35)/b24-14+. The summed E-state index contributed by atoms with van der Waals surface area (Å²) in [4.78, 5) is 39.2. The van der Waals surface area contributed by atoms with Crippen molar-refractivity contribution in [1.82, 2.24) is 10.5 Å². The van der Waals surface area contributed by atoms with Gasteiger partial charge in [-0.25, -0.2) is 0 Å². The number of hydrogen-bond donors (Lipinski definition) is 4. The minimum atomic E-state index is -0.583. The second kappa shape index (κ2) is 13.2. The van der Waals surface area contributed by atoms with Gasteiger partial charge in [-0.2, -0.15) is 0 Å². The molecule has 4 rings (SSSR count). The smallest absolute Gasteiger partial charge is 0.272 e. The summed E-state index contributed by atoms with van der Waals surface area (Å²) in [5, 5.41) is 21.6. The number of phenolic OH excluding ortho intramolecular Hbond substituents is 1. The number of anilines is 2. The number of methoxy groups -OCH3 is 1. The molecule has 1 heterocycles. The van der Waals surface area contributed by atoms with E-state index in [4.69, 9.17) is 9.26 Å². The lowest BCUT2D eigenvalue weighted by molar-refractivity contribution is -0.114. The summed E-state index contributed by atoms with van der Waals surface area (Å²) in [5.74, 6) is 0.0314. The number of carbonyl (C=O) groups excluding carboxylic acids is 3. The van der Waals surface area contributed by atoms with Crippen LogP contribution in [0.5, 0.6) is 11.5 Å². The van der Waals surface area contributed by atoms with Crippen molar-refractivity contribution in [1.29, 1.82) is 0 Å². The largest absolute Gasteiger partial charge is 0.508 e. The van der Waals surface area contributed by atoms with E-state index in [1.54, 1.807) is 67.6 Å². The van der Waals surface area contributed by atoms with Gasteiger partial charge in [0, 0.05) is 33.8 Å². The topological polar surface area (TPSA) is 143 Å². The number of rotatable bonds is 10. The molecule has 3 aromatic carbocycles. The Balaban J connectivity index is 1.50. The molecule has 0 aliphatic heterocycles. The van der Waals surface area contributed by atoms with Gasteiger partial charge >= 0.3 is 0 Å². The fraction of sp³-hybridized carbons (Fsp3) is 0.103. The predicted octanol–water partition coefficient (Wildman–Crippen LogP) is 4.84. The van der Waals surface area contributed by atoms with E-state index in [9.17, 15) is 19.5 Å². The van der Waals surface area contributed by atoms with Gasteiger partial charge in [-0.3, -0.25) is 14.4 Å². The highest BCUT2D eigenvalue weighted by Crippen LogP contribution is 2.26. The molecule has 40 heavy (non-hydrogen) atoms. The van der Waals surface area contributed by atoms with Crippen molar-refractivity contribution in [3.63, 3.8) is 0 Å². The van der Waals surface area contributed by atoms with Gasteiger partial charge in [0.2, 0.25) is 5.91 Å². The van der Waals surface area contributed by atoms with Crippen molar-refractivity contribution in [3.8, 4) is 11.5 Å². The van der Waals surface area contributed by atoms with Crippen LogP contribution < -0.4 is 20.7 Å². The summed E-state index contributed by atoms with van der Waals surface area (Å²) in [5.41, 5.74) is 1.26. The summed E-state index contributed by atoms with van der Waals surface area (Å²) < 4.78 is 10.3. The van der Waals surface area contributed by atoms with Crippen molar-refractivity contribution >= 4 is 47.1 Å². The second-order valence-corrected chi connectivity index (χ2v) is 9.49. The predicted molar refractivity (Wildman–Crippen MR) is 152 cm³/mol. The molecule has 0 bridgehead atoms. The Morgan fingerprint density at radius 1 is 1.00 bits per heavy atom. The summed E-state index contributed by atoms with van der Waals surface area (Å²) in [7, 11) is 1.44. The first-order valence-corrected chi connectivity index (χ1v) is 13.0. The van der Waals surface area contributed by atoms with E-state index >= 15 is 0 Å². The van der Waals surface area contributed by atoms with Crippen LogP contribution in [0.25, 0.3) is 6.08 Å². The summed E-state index contributed by atoms with van der Waals surface area (Å²) in [6.45, 7) is 1.73. The second-order valence-electron chi connectivity index (χ2n) is 8.45. The lowest BCUT2D eigenvalue weighted by Gasteiger charge is -2.13. The Kier molecular flexibility index (Phi) is 9.21. The van der Waals surface area contributed by atoms with Gasteiger partial charge in [0.1, 0.15) is 23.0 Å². The number of aromatic hydroxyl groups is 1. The highest BCUT2D eigenvalue weighted by molar-refractivity contribution is 8.00. The molecular formula is C29H26N4O6S. The lowest BCUT2D eigenvalue weighted by Crippen LogP contribution is -2.30. The molecule has 0 saturated carbocycles. The molecule has 10 nitrogen and oxygen atoms in total. The fourth-order valence-electron chi connectivity index (χ4n) is 3.53. The number of aromatic nitrogens is 1. The van der Waals surface area contributed by atoms with Crippen molar-refractivity contribution in [3.05, 3.63) is 101 Å². The van der Waals surface area contributed by atoms with Gasteiger partial charge in [-0.1, -0.05) is 29.4 Å². The third-order valence-electron chi connectivity index (χ3n) is 5.40. The van der Waals surface area contributed by atoms with Crippen molar-refractivity contribution in [2.24, 2.45) is 0 Å². The fourth-order valence-corrected chi connectivity index (χ4v) is 4.29. The molecule has 0 radical (unpaired) electrons. The van der Waals surface area contributed by atoms with Gasteiger partial charge in [0.25, 0.3) is 11.8 Å². The molecule has 3 amide bonds. The van der Waals surface area contributed by atoms with Crippen LogP contribution in [0, 0.1) is 6.92 Å². The molecule has 0 aliphatic rings. The zero-order chi connectivity index (χ0) is 28.5. The molecule has 0 aliphatic carbocycles. The van der Waals surface area contributed by atoms with Crippen LogP contribution in [0.1, 0.15) is 21.7 Å². The number of ether oxygens (including phenoxy) is 1. The van der Waals surface area contributed by atoms with E-state index in [1.807, 2.05) is 6.07 Å². The molecule has 4 aromatic rings. The first-order valence-electron chi connectivity index (χ1n) is 12.0. The summed E-state index contributed by atoms with van der Waals surface area (Å²) in [6.07, 6.45) is 1.46. The number of carbonyl (C=O) groups is 3. The van der Waals surface area contributed by atoms with Gasteiger partial charge in [0.15, 0.2) is 5.82 Å². The maximum atomic E-state index is 13.4. The summed E-state index contributed by atoms with van der Waals surface area (Å²) >= 11 is 1.27. The first kappa shape index (κ1) is 28.0. The molecular weight excluding hydrogens is 532 g/mol. The van der Waals surface area contributed by atoms with E-state index < -0.39 is 11.8 Å². The van der Waals surface area contributed by atoms with Crippen molar-refractivity contribution in [2.45, 2.75) is 11.8 Å². The van der Waals surface area contributed by atoms with Crippen LogP contribution in [0.2, 0.25) is 0 Å². The minimum Gasteiger partial charge on any atom is -0.508 e. The number of aryl methyl sites for hydroxylation is 1. The average Bonchev–Trinajstić information content (AvgIpc) is 3.37. The SMILES string of the molecule is COc1cc(O)ccc1/C=C(/NC(=O)c1ccccc1)C(=O)Nc1cccc(SCC(=O)Nc2cc(C)on2)c1. The van der Waals surface area contributed by atoms with E-state index in [2.05, 4.69) is 21.1 Å². The van der Waals surface area contributed by atoms with E-state index in [-0.39, 0.29) is 23.1 Å². The van der Waals surface area contributed by atoms with Crippen LogP contribution in [0.4, 0.5) is 11.5 Å². The van der Waals surface area contributed by atoms with Gasteiger partial charge in [-0.15, -0.1) is 11.8 Å². The van der Waals surface area contributed by atoms with Crippen LogP contribution in [-0.4, -0.2) is 40.8 Å². The first-order chi connectivity index (χ1) is 19.3. The van der Waals surface area contributed by atoms with E-state index in [0.29, 0.717) is 34.1 Å². The number of nitrogens with zero attached hydrogens (tertiary/aromatic N) is 1. The Morgan fingerprint density at radius 3 is 2.52 bits per heavy atom. The zero-order valence-corrected chi connectivity index (χ0v) is 22.5. The van der Waals surface area contributed by atoms with Crippen molar-refractivity contribution < 1.29 is 28.8 Å². The third kappa shape index (κ3) is 7.74. The van der Waals surface area contributed by atoms with E-state index in [1.165, 1.54) is 37.1 Å². The number of hydrogen-bond acceptors (Lipinski definition) is 8. The summed E-state index contributed by atoms with van der Waals surface area (Å²) in [6, 6.07) is 21.5. The molecule has 0 saturated heterocycles. The molecule has 0 spiro atoms.